The number of hydrogen-bond donors (Lipinski definition) is 4. The van der Waals surface area contributed by atoms with Gasteiger partial charge in [-0.1, -0.05) is 27.7 Å². The highest BCUT2D eigenvalue weighted by Crippen LogP contribution is 2.39. The van der Waals surface area contributed by atoms with Gasteiger partial charge in [-0.3, -0.25) is 14.4 Å². The van der Waals surface area contributed by atoms with Gasteiger partial charge in [0.1, 0.15) is 30.1 Å². The second kappa shape index (κ2) is 13.0. The first kappa shape index (κ1) is 31.3. The Balaban J connectivity index is 0.000000476. The summed E-state index contributed by atoms with van der Waals surface area (Å²) >= 11 is 0. The van der Waals surface area contributed by atoms with E-state index in [-0.39, 0.29) is 18.4 Å². The fourth-order valence-electron chi connectivity index (χ4n) is 2.83. The van der Waals surface area contributed by atoms with E-state index < -0.39 is 35.2 Å². The summed E-state index contributed by atoms with van der Waals surface area (Å²) in [7, 11) is 0. The average Bonchev–Trinajstić information content (AvgIpc) is 3.43. The number of aromatic nitrogens is 3. The lowest BCUT2D eigenvalue weighted by Crippen LogP contribution is -2.43. The van der Waals surface area contributed by atoms with E-state index in [4.69, 9.17) is 31.2 Å². The summed E-state index contributed by atoms with van der Waals surface area (Å²) in [5.41, 5.74) is 10.5. The molecule has 0 saturated carbocycles. The fraction of sp³-hybridized carbons (Fsp3) is 0.583. The van der Waals surface area contributed by atoms with Crippen molar-refractivity contribution in [3.05, 3.63) is 24.2 Å². The molecule has 13 heteroatoms. The number of carbonyl (C=O) groups is 3. The van der Waals surface area contributed by atoms with Crippen LogP contribution in [0.3, 0.4) is 0 Å². The van der Waals surface area contributed by atoms with Crippen LogP contribution in [0.25, 0.3) is 5.52 Å². The number of nitriles is 1. The number of carboxylic acid groups (broad SMARTS) is 2. The lowest BCUT2D eigenvalue weighted by molar-refractivity contribution is -0.154. The van der Waals surface area contributed by atoms with Crippen molar-refractivity contribution < 1.29 is 34.1 Å². The Bertz CT molecular complexity index is 1110. The predicted molar refractivity (Wildman–Crippen MR) is 133 cm³/mol. The van der Waals surface area contributed by atoms with Gasteiger partial charge in [0.25, 0.3) is 0 Å². The van der Waals surface area contributed by atoms with Gasteiger partial charge in [-0.05, 0) is 38.8 Å². The van der Waals surface area contributed by atoms with Gasteiger partial charge in [0, 0.05) is 0 Å². The first-order valence-corrected chi connectivity index (χ1v) is 11.6. The van der Waals surface area contributed by atoms with E-state index in [0.29, 0.717) is 29.9 Å². The number of aliphatic carboxylic acids is 2. The van der Waals surface area contributed by atoms with Gasteiger partial charge in [-0.15, -0.1) is 0 Å². The molecule has 2 atom stereocenters. The quantitative estimate of drug-likeness (QED) is 0.402. The van der Waals surface area contributed by atoms with Crippen LogP contribution in [0.5, 0.6) is 0 Å². The molecule has 0 bridgehead atoms. The van der Waals surface area contributed by atoms with Gasteiger partial charge >= 0.3 is 17.9 Å². The monoisotopic (exact) mass is 520 g/mol. The van der Waals surface area contributed by atoms with E-state index in [0.717, 1.165) is 0 Å². The summed E-state index contributed by atoms with van der Waals surface area (Å²) < 4.78 is 12.7. The largest absolute Gasteiger partial charge is 0.481 e. The molecule has 37 heavy (non-hydrogen) atoms. The number of nitrogens with two attached hydrogens (primary N) is 2. The van der Waals surface area contributed by atoms with Crippen LogP contribution in [-0.2, 0) is 29.5 Å². The number of rotatable bonds is 6. The van der Waals surface area contributed by atoms with Crippen LogP contribution < -0.4 is 11.5 Å². The zero-order chi connectivity index (χ0) is 28.6. The Morgan fingerprint density at radius 3 is 2.24 bits per heavy atom. The SMILES string of the molecule is CC(C)(N)C(=O)OCC1CCC(C#N)(c2ccc3c(N)ncnn23)O1.CC(C)C(=O)O.CC(C)C(=O)O. The lowest BCUT2D eigenvalue weighted by Gasteiger charge is -2.22. The van der Waals surface area contributed by atoms with E-state index >= 15 is 0 Å². The molecule has 1 saturated heterocycles. The number of carboxylic acids is 2. The zero-order valence-corrected chi connectivity index (χ0v) is 22.0. The van der Waals surface area contributed by atoms with Gasteiger partial charge in [0.2, 0.25) is 0 Å². The molecule has 0 spiro atoms. The highest BCUT2D eigenvalue weighted by atomic mass is 16.6. The van der Waals surface area contributed by atoms with Gasteiger partial charge in [0.05, 0.1) is 23.6 Å². The van der Waals surface area contributed by atoms with Crippen LogP contribution in [0.2, 0.25) is 0 Å². The fourth-order valence-corrected chi connectivity index (χ4v) is 2.83. The molecule has 0 aliphatic carbocycles. The van der Waals surface area contributed by atoms with Crippen LogP contribution in [0.1, 0.15) is 60.1 Å². The Morgan fingerprint density at radius 2 is 1.78 bits per heavy atom. The van der Waals surface area contributed by atoms with Crippen molar-refractivity contribution in [2.45, 2.75) is 71.6 Å². The molecule has 3 rings (SSSR count). The van der Waals surface area contributed by atoms with E-state index in [1.54, 1.807) is 58.2 Å². The third kappa shape index (κ3) is 8.69. The van der Waals surface area contributed by atoms with Crippen molar-refractivity contribution in [1.29, 1.82) is 5.26 Å². The molecule has 3 heterocycles. The molecule has 6 N–H and O–H groups in total. The topological polar surface area (TPSA) is 216 Å². The Morgan fingerprint density at radius 1 is 1.24 bits per heavy atom. The van der Waals surface area contributed by atoms with Gasteiger partial charge < -0.3 is 31.2 Å². The minimum Gasteiger partial charge on any atom is -0.481 e. The third-order valence-electron chi connectivity index (χ3n) is 5.18. The number of ether oxygens (including phenoxy) is 2. The zero-order valence-electron chi connectivity index (χ0n) is 22.0. The first-order chi connectivity index (χ1) is 17.1. The minimum atomic E-state index is -1.18. The van der Waals surface area contributed by atoms with Gasteiger partial charge in [-0.25, -0.2) is 9.50 Å². The molecule has 0 amide bonds. The molecule has 0 radical (unpaired) electrons. The minimum absolute atomic E-state index is 0.0450. The van der Waals surface area contributed by atoms with E-state index in [1.165, 1.54) is 6.33 Å². The smallest absolute Gasteiger partial charge is 0.325 e. The van der Waals surface area contributed by atoms with Crippen LogP contribution in [0.4, 0.5) is 5.82 Å². The lowest BCUT2D eigenvalue weighted by atomic mass is 9.98. The molecule has 204 valence electrons. The number of hydrogen-bond acceptors (Lipinski definition) is 10. The second-order valence-electron chi connectivity index (χ2n) is 9.68. The maximum atomic E-state index is 11.8. The highest BCUT2D eigenvalue weighted by Gasteiger charge is 2.45. The van der Waals surface area contributed by atoms with Crippen molar-refractivity contribution >= 4 is 29.2 Å². The number of nitrogen functional groups attached to an aromatic ring is 1. The molecule has 13 nitrogen and oxygen atoms in total. The molecular formula is C24H36N6O7. The number of carbonyl (C=O) groups excluding carboxylic acids is 1. The molecule has 1 aliphatic heterocycles. The van der Waals surface area contributed by atoms with Crippen molar-refractivity contribution in [2.75, 3.05) is 12.3 Å². The van der Waals surface area contributed by atoms with Crippen molar-refractivity contribution in [3.8, 4) is 6.07 Å². The molecule has 2 aromatic heterocycles. The number of fused-ring (bicyclic) bond motifs is 1. The highest BCUT2D eigenvalue weighted by molar-refractivity contribution is 5.79. The molecule has 1 fully saturated rings. The molecule has 1 aliphatic rings. The van der Waals surface area contributed by atoms with Crippen LogP contribution >= 0.6 is 0 Å². The standard InChI is InChI=1S/C16H20N6O3.2C4H8O2/c1-15(2,19)14(23)24-7-10-5-6-16(8-17,25-10)12-4-3-11-13(18)20-9-21-22(11)12;2*1-3(2)4(5)6/h3-4,9-10H,5-7,19H2,1-2H3,(H2,18,20,21);2*3H,1-2H3,(H,5,6). The second-order valence-corrected chi connectivity index (χ2v) is 9.68. The summed E-state index contributed by atoms with van der Waals surface area (Å²) in [5, 5.41) is 29.9. The molecular weight excluding hydrogens is 484 g/mol. The van der Waals surface area contributed by atoms with Crippen molar-refractivity contribution in [3.63, 3.8) is 0 Å². The Kier molecular flexibility index (Phi) is 11.0. The summed E-state index contributed by atoms with van der Waals surface area (Å²) in [5.74, 6) is -2.14. The van der Waals surface area contributed by atoms with E-state index in [1.807, 2.05) is 0 Å². The maximum Gasteiger partial charge on any atom is 0.325 e. The number of anilines is 1. The Labute approximate surface area is 215 Å². The van der Waals surface area contributed by atoms with Crippen LogP contribution in [0, 0.1) is 23.2 Å². The van der Waals surface area contributed by atoms with Gasteiger partial charge in [0.15, 0.2) is 11.4 Å². The van der Waals surface area contributed by atoms with E-state index in [9.17, 15) is 19.6 Å². The summed E-state index contributed by atoms with van der Waals surface area (Å²) in [4.78, 5) is 35.1. The van der Waals surface area contributed by atoms with Gasteiger partial charge in [-0.2, -0.15) is 10.4 Å². The average molecular weight is 521 g/mol. The third-order valence-corrected chi connectivity index (χ3v) is 5.18. The van der Waals surface area contributed by atoms with Crippen molar-refractivity contribution in [1.82, 2.24) is 14.6 Å². The first-order valence-electron chi connectivity index (χ1n) is 11.6. The van der Waals surface area contributed by atoms with Crippen LogP contribution in [-0.4, -0.2) is 61.0 Å². The van der Waals surface area contributed by atoms with Crippen LogP contribution in [0.15, 0.2) is 18.5 Å². The summed E-state index contributed by atoms with van der Waals surface area (Å²) in [6.45, 7) is 9.75. The number of esters is 1. The maximum absolute atomic E-state index is 11.8. The molecule has 2 unspecified atom stereocenters. The van der Waals surface area contributed by atoms with E-state index in [2.05, 4.69) is 16.2 Å². The molecule has 2 aromatic rings. The normalized spacial score (nSPS) is 18.9. The number of nitrogens with zero attached hydrogens (tertiary/aromatic N) is 4. The summed E-state index contributed by atoms with van der Waals surface area (Å²) in [6, 6.07) is 5.73. The predicted octanol–water partition coefficient (Wildman–Crippen LogP) is 1.94. The Hall–Kier alpha value is -3.76. The molecule has 0 aromatic carbocycles. The van der Waals surface area contributed by atoms with Crippen molar-refractivity contribution in [2.24, 2.45) is 17.6 Å². The summed E-state index contributed by atoms with van der Waals surface area (Å²) in [6.07, 6.45) is 1.96.